The minimum atomic E-state index is -1.66. The van der Waals surface area contributed by atoms with Crippen molar-refractivity contribution in [3.05, 3.63) is 35.9 Å². The molecule has 11 nitrogen and oxygen atoms in total. The van der Waals surface area contributed by atoms with Gasteiger partial charge in [0.1, 0.15) is 54.9 Å². The number of aliphatic hydroxyl groups excluding tert-OH is 7. The lowest BCUT2D eigenvalue weighted by Gasteiger charge is -2.43. The number of rotatable bonds is 7. The number of terminal acetylenes is 1. The van der Waals surface area contributed by atoms with Crippen LogP contribution in [0.15, 0.2) is 30.3 Å². The summed E-state index contributed by atoms with van der Waals surface area (Å²) < 4.78 is 21.8. The van der Waals surface area contributed by atoms with Crippen molar-refractivity contribution in [1.29, 1.82) is 0 Å². The Morgan fingerprint density at radius 2 is 1.38 bits per heavy atom. The fourth-order valence-corrected chi connectivity index (χ4v) is 3.54. The van der Waals surface area contributed by atoms with E-state index in [-0.39, 0.29) is 0 Å². The van der Waals surface area contributed by atoms with Crippen LogP contribution in [0.5, 0.6) is 0 Å². The van der Waals surface area contributed by atoms with Gasteiger partial charge in [0.2, 0.25) is 0 Å². The molecule has 11 atom stereocenters. The topological polar surface area (TPSA) is 179 Å². The second-order valence-corrected chi connectivity index (χ2v) is 7.64. The molecule has 3 rings (SSSR count). The second-order valence-electron chi connectivity index (χ2n) is 7.64. The van der Waals surface area contributed by atoms with Crippen molar-refractivity contribution >= 4 is 0 Å². The summed E-state index contributed by atoms with van der Waals surface area (Å²) in [6, 6.07) is 8.71. The summed E-state index contributed by atoms with van der Waals surface area (Å²) in [4.78, 5) is 0. The van der Waals surface area contributed by atoms with Gasteiger partial charge in [-0.1, -0.05) is 36.3 Å². The Kier molecular flexibility index (Phi) is 8.56. The molecular weight excluding hydrogens is 428 g/mol. The minimum Gasteiger partial charge on any atom is -0.394 e. The van der Waals surface area contributed by atoms with E-state index in [2.05, 4.69) is 5.92 Å². The molecule has 1 unspecified atom stereocenters. The van der Waals surface area contributed by atoms with Crippen molar-refractivity contribution in [1.82, 2.24) is 0 Å². The summed E-state index contributed by atoms with van der Waals surface area (Å²) in [5.41, 5.74) is 0.612. The van der Waals surface area contributed by atoms with Crippen molar-refractivity contribution in [2.24, 2.45) is 0 Å². The van der Waals surface area contributed by atoms with E-state index >= 15 is 0 Å². The van der Waals surface area contributed by atoms with Gasteiger partial charge in [0, 0.05) is 0 Å². The number of hydrogen-bond donors (Lipinski definition) is 7. The SMILES string of the molecule is C#CC(O[C@@H]1O[C@@H](CO[C@@H]2O[C@@H](CO)[C@@H](O)[C@H](O)[C@@H]2O)[C@@H](O)[C@H](O)[C@@H]1O)c1ccccc1. The summed E-state index contributed by atoms with van der Waals surface area (Å²) in [5.74, 6) is 2.42. The Hall–Kier alpha value is -1.66. The lowest BCUT2D eigenvalue weighted by molar-refractivity contribution is -0.334. The van der Waals surface area contributed by atoms with Crippen LogP contribution in [-0.4, -0.2) is 110 Å². The summed E-state index contributed by atoms with van der Waals surface area (Å²) >= 11 is 0. The van der Waals surface area contributed by atoms with E-state index in [1.165, 1.54) is 0 Å². The molecule has 1 aromatic rings. The number of aliphatic hydroxyl groups is 7. The molecule has 0 amide bonds. The van der Waals surface area contributed by atoms with E-state index in [0.29, 0.717) is 5.56 Å². The van der Waals surface area contributed by atoms with Crippen LogP contribution < -0.4 is 0 Å². The van der Waals surface area contributed by atoms with Crippen molar-refractivity contribution < 1.29 is 54.7 Å². The van der Waals surface area contributed by atoms with E-state index in [1.807, 2.05) is 0 Å². The number of ether oxygens (including phenoxy) is 4. The maximum atomic E-state index is 10.3. The Morgan fingerprint density at radius 1 is 0.812 bits per heavy atom. The molecule has 0 aliphatic carbocycles. The quantitative estimate of drug-likeness (QED) is 0.208. The van der Waals surface area contributed by atoms with Gasteiger partial charge in [0.25, 0.3) is 0 Å². The van der Waals surface area contributed by atoms with Crippen LogP contribution in [0.3, 0.4) is 0 Å². The molecule has 2 heterocycles. The molecule has 32 heavy (non-hydrogen) atoms. The highest BCUT2D eigenvalue weighted by atomic mass is 16.7. The van der Waals surface area contributed by atoms with Gasteiger partial charge in [-0.25, -0.2) is 0 Å². The first-order valence-corrected chi connectivity index (χ1v) is 10.1. The van der Waals surface area contributed by atoms with E-state index < -0.39 is 80.7 Å². The maximum Gasteiger partial charge on any atom is 0.188 e. The van der Waals surface area contributed by atoms with E-state index in [4.69, 9.17) is 25.4 Å². The third-order valence-electron chi connectivity index (χ3n) is 5.47. The molecule has 0 saturated carbocycles. The van der Waals surface area contributed by atoms with Crippen LogP contribution >= 0.6 is 0 Å². The standard InChI is InChI=1S/C21H28O11/c1-2-11(10-6-4-3-5-7-10)30-21-19(28)17(26)15(24)13(32-21)9-29-20-18(27)16(25)14(23)12(8-22)31-20/h1,3-7,11-28H,8-9H2/t11?,12-,13-,14+,15+,16-,17-,18-,19-,20+,21+/m0/s1. The number of hydrogen-bond acceptors (Lipinski definition) is 11. The van der Waals surface area contributed by atoms with E-state index in [9.17, 15) is 35.7 Å². The zero-order valence-corrected chi connectivity index (χ0v) is 17.0. The average molecular weight is 456 g/mol. The first-order chi connectivity index (χ1) is 15.3. The molecule has 178 valence electrons. The largest absolute Gasteiger partial charge is 0.394 e. The fraction of sp³-hybridized carbons (Fsp3) is 0.619. The average Bonchev–Trinajstić information content (AvgIpc) is 2.81. The number of benzene rings is 1. The monoisotopic (exact) mass is 456 g/mol. The first-order valence-electron chi connectivity index (χ1n) is 10.1. The minimum absolute atomic E-state index is 0.459. The van der Waals surface area contributed by atoms with E-state index in [0.717, 1.165) is 0 Å². The lowest BCUT2D eigenvalue weighted by atomic mass is 9.98. The van der Waals surface area contributed by atoms with Gasteiger partial charge in [-0.15, -0.1) is 6.42 Å². The van der Waals surface area contributed by atoms with Crippen molar-refractivity contribution in [3.63, 3.8) is 0 Å². The zero-order chi connectivity index (χ0) is 23.4. The Morgan fingerprint density at radius 3 is 1.97 bits per heavy atom. The fourth-order valence-electron chi connectivity index (χ4n) is 3.54. The highest BCUT2D eigenvalue weighted by molar-refractivity contribution is 5.23. The van der Waals surface area contributed by atoms with Crippen molar-refractivity contribution in [2.45, 2.75) is 67.5 Å². The highest BCUT2D eigenvalue weighted by Crippen LogP contribution is 2.28. The summed E-state index contributed by atoms with van der Waals surface area (Å²) in [6.45, 7) is -1.10. The Bertz CT molecular complexity index is 754. The molecule has 0 aromatic heterocycles. The van der Waals surface area contributed by atoms with Gasteiger partial charge in [0.15, 0.2) is 12.6 Å². The van der Waals surface area contributed by atoms with Crippen LogP contribution in [0, 0.1) is 12.3 Å². The lowest BCUT2D eigenvalue weighted by Crippen LogP contribution is -2.61. The van der Waals surface area contributed by atoms with Crippen LogP contribution in [-0.2, 0) is 18.9 Å². The second kappa shape index (κ2) is 11.0. The van der Waals surface area contributed by atoms with Crippen LogP contribution in [0.2, 0.25) is 0 Å². The van der Waals surface area contributed by atoms with Gasteiger partial charge in [-0.2, -0.15) is 0 Å². The highest BCUT2D eigenvalue weighted by Gasteiger charge is 2.47. The van der Waals surface area contributed by atoms with E-state index in [1.54, 1.807) is 30.3 Å². The molecule has 1 aromatic carbocycles. The van der Waals surface area contributed by atoms with Gasteiger partial charge in [0.05, 0.1) is 13.2 Å². The summed E-state index contributed by atoms with van der Waals surface area (Å²) in [7, 11) is 0. The van der Waals surface area contributed by atoms with Crippen molar-refractivity contribution in [2.75, 3.05) is 13.2 Å². The van der Waals surface area contributed by atoms with Crippen LogP contribution in [0.25, 0.3) is 0 Å². The molecule has 2 fully saturated rings. The molecule has 7 N–H and O–H groups in total. The van der Waals surface area contributed by atoms with Crippen molar-refractivity contribution in [3.8, 4) is 12.3 Å². The molecule has 11 heteroatoms. The summed E-state index contributed by atoms with van der Waals surface area (Å²) in [5, 5.41) is 69.8. The smallest absolute Gasteiger partial charge is 0.188 e. The molecule has 2 aliphatic rings. The Balaban J connectivity index is 1.65. The van der Waals surface area contributed by atoms with Gasteiger partial charge >= 0.3 is 0 Å². The van der Waals surface area contributed by atoms with Crippen LogP contribution in [0.4, 0.5) is 0 Å². The predicted molar refractivity (Wildman–Crippen MR) is 106 cm³/mol. The Labute approximate surface area is 184 Å². The predicted octanol–water partition coefficient (Wildman–Crippen LogP) is -3.00. The van der Waals surface area contributed by atoms with Gasteiger partial charge < -0.3 is 54.7 Å². The third kappa shape index (κ3) is 5.28. The van der Waals surface area contributed by atoms with Gasteiger partial charge in [-0.05, 0) is 5.56 Å². The molecule has 2 saturated heterocycles. The molecule has 0 spiro atoms. The zero-order valence-electron chi connectivity index (χ0n) is 17.0. The first kappa shape index (κ1) is 25.0. The third-order valence-corrected chi connectivity index (χ3v) is 5.47. The molecule has 0 bridgehead atoms. The van der Waals surface area contributed by atoms with Gasteiger partial charge in [-0.3, -0.25) is 0 Å². The van der Waals surface area contributed by atoms with Crippen LogP contribution in [0.1, 0.15) is 11.7 Å². The molecular formula is C21H28O11. The molecule has 0 radical (unpaired) electrons. The summed E-state index contributed by atoms with van der Waals surface area (Å²) in [6.07, 6.45) is -10.4. The maximum absolute atomic E-state index is 10.3. The molecule has 2 aliphatic heterocycles. The normalized spacial score (nSPS) is 41.1.